The molecule has 0 heterocycles. The second-order valence-electron chi connectivity index (χ2n) is 5.66. The molecule has 7 heteroatoms. The molecule has 0 saturated carbocycles. The Balaban J connectivity index is 0.000000705. The molecule has 1 aliphatic carbocycles. The highest BCUT2D eigenvalue weighted by atomic mass is 16.5. The number of esters is 1. The molecule has 1 unspecified atom stereocenters. The van der Waals surface area contributed by atoms with Crippen molar-refractivity contribution < 1.29 is 29.3 Å². The molecule has 0 aliphatic heterocycles. The number of ether oxygens (including phenoxy) is 1. The molecule has 1 aromatic carbocycles. The fourth-order valence-electron chi connectivity index (χ4n) is 2.25. The second kappa shape index (κ2) is 9.27. The van der Waals surface area contributed by atoms with Gasteiger partial charge in [-0.05, 0) is 18.9 Å². The van der Waals surface area contributed by atoms with Gasteiger partial charge in [0.05, 0.1) is 12.0 Å². The van der Waals surface area contributed by atoms with Crippen LogP contribution in [0.5, 0.6) is 0 Å². The van der Waals surface area contributed by atoms with Crippen LogP contribution in [0.2, 0.25) is 0 Å². The predicted molar refractivity (Wildman–Crippen MR) is 90.9 cm³/mol. The van der Waals surface area contributed by atoms with Gasteiger partial charge in [0.1, 0.15) is 0 Å². The van der Waals surface area contributed by atoms with Gasteiger partial charge in [0, 0.05) is 12.0 Å². The monoisotopic (exact) mass is 347 g/mol. The summed E-state index contributed by atoms with van der Waals surface area (Å²) in [5, 5.41) is 16.2. The van der Waals surface area contributed by atoms with Crippen LogP contribution < -0.4 is 5.73 Å². The smallest absolute Gasteiger partial charge is 0.402 e. The van der Waals surface area contributed by atoms with Crippen molar-refractivity contribution >= 4 is 18.0 Å². The predicted octanol–water partition coefficient (Wildman–Crippen LogP) is 2.37. The van der Waals surface area contributed by atoms with Crippen molar-refractivity contribution in [2.45, 2.75) is 19.8 Å². The molecular weight excluding hydrogens is 326 g/mol. The number of carboxylic acids is 1. The van der Waals surface area contributed by atoms with Crippen LogP contribution in [-0.2, 0) is 20.7 Å². The van der Waals surface area contributed by atoms with Crippen LogP contribution in [0, 0.1) is 5.41 Å². The summed E-state index contributed by atoms with van der Waals surface area (Å²) in [5.74, 6) is -1.39. The summed E-state index contributed by atoms with van der Waals surface area (Å²) in [7, 11) is 0. The van der Waals surface area contributed by atoms with Crippen LogP contribution >= 0.6 is 0 Å². The van der Waals surface area contributed by atoms with Gasteiger partial charge >= 0.3 is 18.0 Å². The molecule has 1 atom stereocenters. The Morgan fingerprint density at radius 3 is 2.36 bits per heavy atom. The number of amides is 1. The molecule has 1 aromatic rings. The van der Waals surface area contributed by atoms with Crippen LogP contribution in [0.15, 0.2) is 54.1 Å². The van der Waals surface area contributed by atoms with Gasteiger partial charge in [-0.1, -0.05) is 48.6 Å². The third-order valence-corrected chi connectivity index (χ3v) is 3.53. The van der Waals surface area contributed by atoms with Gasteiger partial charge in [-0.2, -0.15) is 0 Å². The van der Waals surface area contributed by atoms with E-state index in [0.29, 0.717) is 13.0 Å². The van der Waals surface area contributed by atoms with E-state index in [1.54, 1.807) is 19.1 Å². The fourth-order valence-corrected chi connectivity index (χ4v) is 2.25. The lowest BCUT2D eigenvalue weighted by atomic mass is 9.80. The molecule has 0 bridgehead atoms. The largest absolute Gasteiger partial charge is 0.478 e. The number of aliphatic carboxylic acids is 1. The van der Waals surface area contributed by atoms with Crippen molar-refractivity contribution in [2.75, 3.05) is 6.61 Å². The van der Waals surface area contributed by atoms with Crippen LogP contribution in [0.1, 0.15) is 18.9 Å². The molecule has 7 nitrogen and oxygen atoms in total. The van der Waals surface area contributed by atoms with Gasteiger partial charge in [-0.25, -0.2) is 9.59 Å². The Bertz CT molecular complexity index is 676. The normalized spacial score (nSPS) is 18.4. The Hall–Kier alpha value is -3.09. The lowest BCUT2D eigenvalue weighted by molar-refractivity contribution is -0.152. The number of benzene rings is 1. The molecule has 4 N–H and O–H groups in total. The first kappa shape index (κ1) is 20.0. The zero-order valence-electron chi connectivity index (χ0n) is 13.8. The van der Waals surface area contributed by atoms with Gasteiger partial charge in [0.25, 0.3) is 0 Å². The fraction of sp³-hybridized carbons (Fsp3) is 0.278. The third-order valence-electron chi connectivity index (χ3n) is 3.53. The summed E-state index contributed by atoms with van der Waals surface area (Å²) in [6, 6.07) is 9.75. The van der Waals surface area contributed by atoms with Crippen LogP contribution in [0.3, 0.4) is 0 Å². The topological polar surface area (TPSA) is 127 Å². The van der Waals surface area contributed by atoms with Gasteiger partial charge in [-0.15, -0.1) is 0 Å². The van der Waals surface area contributed by atoms with E-state index in [-0.39, 0.29) is 18.0 Å². The Morgan fingerprint density at radius 2 is 1.80 bits per heavy atom. The van der Waals surface area contributed by atoms with Gasteiger partial charge in [-0.3, -0.25) is 4.79 Å². The number of carbonyl (C=O) groups excluding carboxylic acids is 1. The van der Waals surface area contributed by atoms with Gasteiger partial charge < -0.3 is 20.7 Å². The quantitative estimate of drug-likeness (QED) is 0.702. The maximum absolute atomic E-state index is 12.2. The van der Waals surface area contributed by atoms with Crippen molar-refractivity contribution in [3.8, 4) is 0 Å². The maximum atomic E-state index is 12.2. The summed E-state index contributed by atoms with van der Waals surface area (Å²) in [6.45, 7) is 1.99. The zero-order chi connectivity index (χ0) is 18.9. The highest BCUT2D eigenvalue weighted by molar-refractivity contribution is 5.90. The number of allylic oxidation sites excluding steroid dienone is 2. The second-order valence-corrected chi connectivity index (χ2v) is 5.66. The maximum Gasteiger partial charge on any atom is 0.402 e. The van der Waals surface area contributed by atoms with Crippen molar-refractivity contribution in [2.24, 2.45) is 11.1 Å². The molecule has 0 radical (unpaired) electrons. The van der Waals surface area contributed by atoms with Crippen molar-refractivity contribution in [3.63, 3.8) is 0 Å². The van der Waals surface area contributed by atoms with Gasteiger partial charge in [0.15, 0.2) is 0 Å². The lowest BCUT2D eigenvalue weighted by Crippen LogP contribution is -2.31. The van der Waals surface area contributed by atoms with E-state index in [1.165, 1.54) is 6.08 Å². The Morgan fingerprint density at radius 1 is 1.20 bits per heavy atom. The molecular formula is C18H21NO6. The highest BCUT2D eigenvalue weighted by Crippen LogP contribution is 2.32. The minimum absolute atomic E-state index is 0.156. The summed E-state index contributed by atoms with van der Waals surface area (Å²) < 4.78 is 5.31. The molecule has 0 fully saturated rings. The minimum Gasteiger partial charge on any atom is -0.478 e. The average molecular weight is 347 g/mol. The first-order valence-corrected chi connectivity index (χ1v) is 7.56. The number of nitrogens with two attached hydrogens (primary N) is 1. The van der Waals surface area contributed by atoms with Crippen molar-refractivity contribution in [1.82, 2.24) is 0 Å². The molecule has 0 aromatic heterocycles. The van der Waals surface area contributed by atoms with Gasteiger partial charge in [0.2, 0.25) is 0 Å². The summed E-state index contributed by atoms with van der Waals surface area (Å²) in [6.07, 6.45) is 4.29. The Kier molecular flexibility index (Phi) is 7.40. The standard InChI is InChI=1S/C17H18O4.CH3NO2/c1-17(10-5-8-14(12-17)15(18)19)16(20)21-11-9-13-6-3-2-4-7-13;2-1(3)4/h2-8,10H,9,11-12H2,1H3,(H,18,19);2H2,(H,3,4). The van der Waals surface area contributed by atoms with E-state index < -0.39 is 17.5 Å². The van der Waals surface area contributed by atoms with E-state index >= 15 is 0 Å². The molecule has 0 spiro atoms. The minimum atomic E-state index is -1.33. The van der Waals surface area contributed by atoms with E-state index in [1.807, 2.05) is 30.3 Å². The molecule has 134 valence electrons. The number of hydrogen-bond donors (Lipinski definition) is 3. The summed E-state index contributed by atoms with van der Waals surface area (Å²) in [4.78, 5) is 32.0. The summed E-state index contributed by atoms with van der Waals surface area (Å²) >= 11 is 0. The van der Waals surface area contributed by atoms with E-state index in [4.69, 9.17) is 19.7 Å². The SMILES string of the molecule is CC1(C(=O)OCCc2ccccc2)C=CC=C(C(=O)O)C1.NC(=O)O. The van der Waals surface area contributed by atoms with Crippen LogP contribution in [0.4, 0.5) is 4.79 Å². The van der Waals surface area contributed by atoms with Crippen LogP contribution in [0.25, 0.3) is 0 Å². The number of primary amides is 1. The number of hydrogen-bond acceptors (Lipinski definition) is 4. The zero-order valence-corrected chi connectivity index (χ0v) is 13.8. The first-order chi connectivity index (χ1) is 11.7. The first-order valence-electron chi connectivity index (χ1n) is 7.56. The van der Waals surface area contributed by atoms with Crippen LogP contribution in [-0.4, -0.2) is 34.9 Å². The number of carboxylic acid groups (broad SMARTS) is 2. The van der Waals surface area contributed by atoms with Crippen molar-refractivity contribution in [1.29, 1.82) is 0 Å². The van der Waals surface area contributed by atoms with E-state index in [2.05, 4.69) is 5.73 Å². The highest BCUT2D eigenvalue weighted by Gasteiger charge is 2.36. The van der Waals surface area contributed by atoms with E-state index in [0.717, 1.165) is 5.56 Å². The molecule has 1 aliphatic rings. The number of carbonyl (C=O) groups is 3. The number of rotatable bonds is 5. The lowest BCUT2D eigenvalue weighted by Gasteiger charge is -2.26. The Labute approximate surface area is 145 Å². The third kappa shape index (κ3) is 6.90. The molecule has 0 saturated heterocycles. The molecule has 1 amide bonds. The molecule has 2 rings (SSSR count). The average Bonchev–Trinajstić information content (AvgIpc) is 2.55. The van der Waals surface area contributed by atoms with Crippen molar-refractivity contribution in [3.05, 3.63) is 59.7 Å². The molecule has 25 heavy (non-hydrogen) atoms. The summed E-state index contributed by atoms with van der Waals surface area (Å²) in [5.41, 5.74) is 4.44. The van der Waals surface area contributed by atoms with E-state index in [9.17, 15) is 9.59 Å².